The Morgan fingerprint density at radius 2 is 1.76 bits per heavy atom. The third-order valence-electron chi connectivity index (χ3n) is 4.96. The topological polar surface area (TPSA) is 121 Å². The van der Waals surface area contributed by atoms with Gasteiger partial charge in [-0.15, -0.1) is 10.2 Å². The smallest absolute Gasteiger partial charge is 0.258 e. The van der Waals surface area contributed by atoms with Gasteiger partial charge in [0, 0.05) is 23.1 Å². The van der Waals surface area contributed by atoms with Crippen LogP contribution in [-0.4, -0.2) is 33.5 Å². The number of nitro groups is 1. The summed E-state index contributed by atoms with van der Waals surface area (Å²) >= 11 is 0. The van der Waals surface area contributed by atoms with Gasteiger partial charge in [0.05, 0.1) is 17.2 Å². The monoisotopic (exact) mass is 475 g/mol. The van der Waals surface area contributed by atoms with Gasteiger partial charge in [-0.3, -0.25) is 10.1 Å². The number of aromatic nitrogens is 4. The second-order valence-corrected chi connectivity index (χ2v) is 9.68. The number of nitro benzene ring substituents is 1. The summed E-state index contributed by atoms with van der Waals surface area (Å²) in [6.45, 7) is 2.49. The number of hydrogen-bond acceptors (Lipinski definition) is 7. The maximum Gasteiger partial charge on any atom is 0.270 e. The number of aryl methyl sites for hydroxylation is 1. The van der Waals surface area contributed by atoms with E-state index in [-0.39, 0.29) is 11.4 Å². The SMILES string of the molecule is Cc1cccc(Cn2nnc(-c3cccc(CS(=O)(=O)/C=C/c4cccc([N+](=O)[O-])c4)c3)n2)c1. The Labute approximate surface area is 196 Å². The predicted octanol–water partition coefficient (Wildman–Crippen LogP) is 4.19. The van der Waals surface area contributed by atoms with Crippen LogP contribution >= 0.6 is 0 Å². The number of rotatable bonds is 8. The summed E-state index contributed by atoms with van der Waals surface area (Å²) in [6.07, 6.45) is 1.35. The van der Waals surface area contributed by atoms with Crippen LogP contribution in [0.5, 0.6) is 0 Å². The zero-order chi connectivity index (χ0) is 24.1. The molecule has 10 heteroatoms. The van der Waals surface area contributed by atoms with Gasteiger partial charge in [0.15, 0.2) is 9.84 Å². The molecule has 0 N–H and O–H groups in total. The van der Waals surface area contributed by atoms with Crippen molar-refractivity contribution in [2.75, 3.05) is 0 Å². The van der Waals surface area contributed by atoms with Gasteiger partial charge in [0.2, 0.25) is 5.82 Å². The molecular formula is C24H21N5O4S. The minimum Gasteiger partial charge on any atom is -0.258 e. The Morgan fingerprint density at radius 1 is 1.00 bits per heavy atom. The lowest BCUT2D eigenvalue weighted by atomic mass is 10.1. The Hall–Kier alpha value is -4.18. The van der Waals surface area contributed by atoms with Gasteiger partial charge in [-0.1, -0.05) is 60.2 Å². The molecule has 0 fully saturated rings. The van der Waals surface area contributed by atoms with E-state index in [1.54, 1.807) is 30.3 Å². The molecular weight excluding hydrogens is 454 g/mol. The van der Waals surface area contributed by atoms with Crippen LogP contribution in [0.3, 0.4) is 0 Å². The summed E-state index contributed by atoms with van der Waals surface area (Å²) in [5, 5.41) is 24.6. The fourth-order valence-electron chi connectivity index (χ4n) is 3.40. The highest BCUT2D eigenvalue weighted by Crippen LogP contribution is 2.19. The summed E-state index contributed by atoms with van der Waals surface area (Å²) in [5.74, 6) is 0.169. The van der Waals surface area contributed by atoms with Crippen LogP contribution < -0.4 is 0 Å². The highest BCUT2D eigenvalue weighted by atomic mass is 32.2. The predicted molar refractivity (Wildman–Crippen MR) is 128 cm³/mol. The first-order valence-electron chi connectivity index (χ1n) is 10.4. The highest BCUT2D eigenvalue weighted by molar-refractivity contribution is 7.93. The molecule has 1 heterocycles. The fraction of sp³-hybridized carbons (Fsp3) is 0.125. The summed E-state index contributed by atoms with van der Waals surface area (Å²) < 4.78 is 25.2. The van der Waals surface area contributed by atoms with Gasteiger partial charge in [0.25, 0.3) is 5.69 Å². The molecule has 0 bridgehead atoms. The van der Waals surface area contributed by atoms with Crippen molar-refractivity contribution < 1.29 is 13.3 Å². The summed E-state index contributed by atoms with van der Waals surface area (Å²) in [6, 6.07) is 20.8. The molecule has 0 aliphatic heterocycles. The molecule has 1 aromatic heterocycles. The molecule has 4 rings (SSSR count). The first-order valence-corrected chi connectivity index (χ1v) is 12.1. The standard InChI is InChI=1S/C24H21N5O4S/c1-18-5-2-7-20(13-18)16-28-26-24(25-27-28)22-9-3-8-21(14-22)17-34(32,33)12-11-19-6-4-10-23(15-19)29(30)31/h2-15H,16-17H2,1H3/b12-11+. The Balaban J connectivity index is 1.48. The number of hydrogen-bond donors (Lipinski definition) is 0. The number of non-ortho nitro benzene ring substituents is 1. The molecule has 4 aromatic rings. The quantitative estimate of drug-likeness (QED) is 0.277. The van der Waals surface area contributed by atoms with Crippen molar-refractivity contribution in [3.8, 4) is 11.4 Å². The van der Waals surface area contributed by atoms with Gasteiger partial charge < -0.3 is 0 Å². The van der Waals surface area contributed by atoms with E-state index in [0.717, 1.165) is 16.5 Å². The van der Waals surface area contributed by atoms with Crippen molar-refractivity contribution in [2.24, 2.45) is 0 Å². The van der Waals surface area contributed by atoms with E-state index in [4.69, 9.17) is 0 Å². The molecule has 0 unspecified atom stereocenters. The Bertz CT molecular complexity index is 1480. The van der Waals surface area contributed by atoms with E-state index in [2.05, 4.69) is 21.5 Å². The second-order valence-electron chi connectivity index (χ2n) is 7.79. The lowest BCUT2D eigenvalue weighted by molar-refractivity contribution is -0.384. The molecule has 0 saturated carbocycles. The first kappa shape index (κ1) is 23.0. The second kappa shape index (κ2) is 9.75. The van der Waals surface area contributed by atoms with Crippen LogP contribution in [-0.2, 0) is 22.1 Å². The van der Waals surface area contributed by atoms with Gasteiger partial charge in [-0.2, -0.15) is 4.80 Å². The average molecular weight is 476 g/mol. The molecule has 3 aromatic carbocycles. The normalized spacial score (nSPS) is 11.7. The Kier molecular flexibility index (Phi) is 6.60. The van der Waals surface area contributed by atoms with Gasteiger partial charge in [-0.25, -0.2) is 8.42 Å². The molecule has 34 heavy (non-hydrogen) atoms. The Morgan fingerprint density at radius 3 is 2.56 bits per heavy atom. The molecule has 0 aliphatic carbocycles. The minimum absolute atomic E-state index is 0.102. The molecule has 0 radical (unpaired) electrons. The van der Waals surface area contributed by atoms with E-state index in [1.807, 2.05) is 25.1 Å². The van der Waals surface area contributed by atoms with Crippen molar-refractivity contribution in [1.29, 1.82) is 0 Å². The van der Waals surface area contributed by atoms with Crippen molar-refractivity contribution in [1.82, 2.24) is 20.2 Å². The van der Waals surface area contributed by atoms with Crippen molar-refractivity contribution >= 4 is 21.6 Å². The lowest BCUT2D eigenvalue weighted by Gasteiger charge is -2.03. The van der Waals surface area contributed by atoms with Crippen LogP contribution in [0.4, 0.5) is 5.69 Å². The zero-order valence-corrected chi connectivity index (χ0v) is 19.1. The van der Waals surface area contributed by atoms with E-state index in [1.165, 1.54) is 29.1 Å². The maximum atomic E-state index is 12.6. The summed E-state index contributed by atoms with van der Waals surface area (Å²) in [4.78, 5) is 11.9. The van der Waals surface area contributed by atoms with E-state index < -0.39 is 14.8 Å². The molecule has 0 saturated heterocycles. The summed E-state index contributed by atoms with van der Waals surface area (Å²) in [5.41, 5.74) is 3.75. The summed E-state index contributed by atoms with van der Waals surface area (Å²) in [7, 11) is -3.62. The lowest BCUT2D eigenvalue weighted by Crippen LogP contribution is -2.04. The fourth-order valence-corrected chi connectivity index (χ4v) is 4.51. The molecule has 172 valence electrons. The van der Waals surface area contributed by atoms with Gasteiger partial charge in [-0.05, 0) is 41.0 Å². The third kappa shape index (κ3) is 5.99. The zero-order valence-electron chi connectivity index (χ0n) is 18.3. The number of benzene rings is 3. The molecule has 0 aliphatic rings. The van der Waals surface area contributed by atoms with Crippen molar-refractivity contribution in [3.63, 3.8) is 0 Å². The molecule has 9 nitrogen and oxygen atoms in total. The van der Waals surface area contributed by atoms with Crippen LogP contribution in [0, 0.1) is 17.0 Å². The molecule has 0 atom stereocenters. The highest BCUT2D eigenvalue weighted by Gasteiger charge is 2.12. The number of nitrogens with zero attached hydrogens (tertiary/aromatic N) is 5. The maximum absolute atomic E-state index is 12.6. The van der Waals surface area contributed by atoms with E-state index in [0.29, 0.717) is 29.1 Å². The van der Waals surface area contributed by atoms with Crippen LogP contribution in [0.1, 0.15) is 22.3 Å². The molecule has 0 spiro atoms. The first-order chi connectivity index (χ1) is 16.3. The van der Waals surface area contributed by atoms with Crippen LogP contribution in [0.25, 0.3) is 17.5 Å². The van der Waals surface area contributed by atoms with E-state index >= 15 is 0 Å². The van der Waals surface area contributed by atoms with E-state index in [9.17, 15) is 18.5 Å². The molecule has 0 amide bonds. The van der Waals surface area contributed by atoms with Crippen molar-refractivity contribution in [2.45, 2.75) is 19.2 Å². The minimum atomic E-state index is -3.62. The van der Waals surface area contributed by atoms with Crippen LogP contribution in [0.15, 0.2) is 78.2 Å². The van der Waals surface area contributed by atoms with Gasteiger partial charge in [0.1, 0.15) is 0 Å². The number of tetrazole rings is 1. The van der Waals surface area contributed by atoms with Crippen LogP contribution in [0.2, 0.25) is 0 Å². The largest absolute Gasteiger partial charge is 0.270 e. The van der Waals surface area contributed by atoms with Crippen molar-refractivity contribution in [3.05, 3.63) is 111 Å². The average Bonchev–Trinajstić information content (AvgIpc) is 3.26. The third-order valence-corrected chi connectivity index (χ3v) is 6.25. The number of sulfone groups is 1. The van der Waals surface area contributed by atoms with Gasteiger partial charge >= 0.3 is 0 Å².